The number of aliphatic imine (C=N–C) groups is 1. The molecule has 0 atom stereocenters. The maximum absolute atomic E-state index is 12.2. The van der Waals surface area contributed by atoms with Gasteiger partial charge in [0.25, 0.3) is 0 Å². The molecule has 0 aromatic heterocycles. The first-order chi connectivity index (χ1) is 6.36. The first kappa shape index (κ1) is 11.1. The molecule has 0 radical (unpaired) electrons. The van der Waals surface area contributed by atoms with Gasteiger partial charge in [-0.15, -0.1) is 0 Å². The highest BCUT2D eigenvalue weighted by molar-refractivity contribution is 6.29. The summed E-state index contributed by atoms with van der Waals surface area (Å²) in [7, 11) is 1.29. The third-order valence-electron chi connectivity index (χ3n) is 1.47. The number of aliphatic hydroxyl groups excluding tert-OH is 1. The molecule has 1 heterocycles. The maximum Gasteiger partial charge on any atom is 0.450 e. The molecule has 0 unspecified atom stereocenters. The Kier molecular flexibility index (Phi) is 2.91. The fourth-order valence-electron chi connectivity index (χ4n) is 0.835. The number of nitrogens with zero attached hydrogens (tertiary/aromatic N) is 2. The fraction of sp³-hybridized carbons (Fsp3) is 0.500. The van der Waals surface area contributed by atoms with E-state index in [1.165, 1.54) is 7.05 Å². The van der Waals surface area contributed by atoms with Crippen molar-refractivity contribution in [3.8, 4) is 0 Å². The first-order valence-corrected chi connectivity index (χ1v) is 3.90. The van der Waals surface area contributed by atoms with Gasteiger partial charge in [-0.2, -0.15) is 13.2 Å². The molecule has 4 nitrogen and oxygen atoms in total. The second-order valence-corrected chi connectivity index (χ2v) is 2.88. The lowest BCUT2D eigenvalue weighted by Crippen LogP contribution is -2.47. The summed E-state index contributed by atoms with van der Waals surface area (Å²) in [5.41, 5.74) is 1.71. The highest BCUT2D eigenvalue weighted by Gasteiger charge is 2.39. The summed E-state index contributed by atoms with van der Waals surface area (Å²) in [5, 5.41) is 9.56. The standard InChI is InChI=1S/C6H7ClF3N3O/c1-13-4(7)3(2-14)11-5(12-13)6(8,9)10/h14H,2H2,1H3,(H,11,12). The van der Waals surface area contributed by atoms with Gasteiger partial charge < -0.3 is 5.11 Å². The van der Waals surface area contributed by atoms with Crippen LogP contribution in [-0.2, 0) is 0 Å². The second kappa shape index (κ2) is 3.66. The van der Waals surface area contributed by atoms with E-state index in [4.69, 9.17) is 16.7 Å². The van der Waals surface area contributed by atoms with E-state index in [0.717, 1.165) is 5.01 Å². The molecule has 80 valence electrons. The van der Waals surface area contributed by atoms with E-state index in [0.29, 0.717) is 0 Å². The van der Waals surface area contributed by atoms with Gasteiger partial charge in [-0.3, -0.25) is 10.4 Å². The van der Waals surface area contributed by atoms with Crippen LogP contribution in [0.3, 0.4) is 0 Å². The summed E-state index contributed by atoms with van der Waals surface area (Å²) in [4.78, 5) is 3.14. The molecule has 1 aliphatic rings. The normalized spacial score (nSPS) is 18.1. The summed E-state index contributed by atoms with van der Waals surface area (Å²) in [6.07, 6.45) is -4.59. The number of hydrogen-bond donors (Lipinski definition) is 2. The van der Waals surface area contributed by atoms with Crippen molar-refractivity contribution in [2.24, 2.45) is 4.99 Å². The van der Waals surface area contributed by atoms with Crippen LogP contribution in [-0.4, -0.2) is 35.8 Å². The zero-order valence-corrected chi connectivity index (χ0v) is 7.82. The smallest absolute Gasteiger partial charge is 0.390 e. The van der Waals surface area contributed by atoms with Crippen molar-refractivity contribution in [1.29, 1.82) is 0 Å². The number of aliphatic hydroxyl groups is 1. The summed E-state index contributed by atoms with van der Waals surface area (Å²) in [6, 6.07) is 0. The zero-order chi connectivity index (χ0) is 10.9. The lowest BCUT2D eigenvalue weighted by molar-refractivity contribution is -0.0649. The summed E-state index contributed by atoms with van der Waals surface area (Å²) < 4.78 is 36.6. The third-order valence-corrected chi connectivity index (χ3v) is 1.94. The van der Waals surface area contributed by atoms with E-state index in [1.807, 2.05) is 5.43 Å². The van der Waals surface area contributed by atoms with Crippen LogP contribution < -0.4 is 5.43 Å². The number of halogens is 4. The van der Waals surface area contributed by atoms with Crippen molar-refractivity contribution in [3.05, 3.63) is 10.9 Å². The van der Waals surface area contributed by atoms with Crippen LogP contribution in [0.5, 0.6) is 0 Å². The average Bonchev–Trinajstić information content (AvgIpc) is 2.07. The number of hydrogen-bond acceptors (Lipinski definition) is 4. The number of alkyl halides is 3. The van der Waals surface area contributed by atoms with Crippen molar-refractivity contribution >= 4 is 17.4 Å². The van der Waals surface area contributed by atoms with Gasteiger partial charge in [-0.05, 0) is 0 Å². The van der Waals surface area contributed by atoms with Gasteiger partial charge in [0.15, 0.2) is 0 Å². The predicted molar refractivity (Wildman–Crippen MR) is 44.4 cm³/mol. The molecule has 0 saturated heterocycles. The lowest BCUT2D eigenvalue weighted by atomic mass is 10.4. The minimum Gasteiger partial charge on any atom is -0.390 e. The van der Waals surface area contributed by atoms with Gasteiger partial charge >= 0.3 is 6.18 Å². The van der Waals surface area contributed by atoms with Crippen molar-refractivity contribution < 1.29 is 18.3 Å². The van der Waals surface area contributed by atoms with Crippen LogP contribution in [0.4, 0.5) is 13.2 Å². The van der Waals surface area contributed by atoms with Crippen molar-refractivity contribution in [3.63, 3.8) is 0 Å². The third kappa shape index (κ3) is 2.10. The molecule has 14 heavy (non-hydrogen) atoms. The SMILES string of the molecule is CN1NC(C(F)(F)F)=NC(CO)=C1Cl. The van der Waals surface area contributed by atoms with Crippen LogP contribution in [0, 0.1) is 0 Å². The van der Waals surface area contributed by atoms with Gasteiger partial charge in [0, 0.05) is 7.05 Å². The number of amidine groups is 1. The molecule has 0 fully saturated rings. The van der Waals surface area contributed by atoms with Gasteiger partial charge in [0.1, 0.15) is 10.9 Å². The Hall–Kier alpha value is -0.950. The number of hydrazine groups is 1. The Morgan fingerprint density at radius 1 is 1.57 bits per heavy atom. The predicted octanol–water partition coefficient (Wildman–Crippen LogP) is 0.797. The Morgan fingerprint density at radius 3 is 2.57 bits per heavy atom. The van der Waals surface area contributed by atoms with E-state index >= 15 is 0 Å². The van der Waals surface area contributed by atoms with Crippen molar-refractivity contribution in [2.45, 2.75) is 6.18 Å². The van der Waals surface area contributed by atoms with Gasteiger partial charge in [0.05, 0.1) is 6.61 Å². The largest absolute Gasteiger partial charge is 0.450 e. The first-order valence-electron chi connectivity index (χ1n) is 3.52. The van der Waals surface area contributed by atoms with Crippen LogP contribution in [0.15, 0.2) is 15.8 Å². The second-order valence-electron chi connectivity index (χ2n) is 2.52. The summed E-state index contributed by atoms with van der Waals surface area (Å²) in [5.74, 6) is -1.20. The highest BCUT2D eigenvalue weighted by atomic mass is 35.5. The Bertz CT molecular complexity index is 299. The Labute approximate surface area is 82.6 Å². The summed E-state index contributed by atoms with van der Waals surface area (Å²) >= 11 is 5.56. The van der Waals surface area contributed by atoms with E-state index in [-0.39, 0.29) is 10.9 Å². The molecule has 8 heteroatoms. The van der Waals surface area contributed by atoms with Gasteiger partial charge in [0.2, 0.25) is 5.84 Å². The lowest BCUT2D eigenvalue weighted by Gasteiger charge is -2.27. The fourth-order valence-corrected chi connectivity index (χ4v) is 0.979. The Morgan fingerprint density at radius 2 is 2.14 bits per heavy atom. The molecule has 0 saturated carbocycles. The average molecular weight is 230 g/mol. The molecule has 0 aromatic carbocycles. The molecule has 1 aliphatic heterocycles. The van der Waals surface area contributed by atoms with E-state index < -0.39 is 18.6 Å². The van der Waals surface area contributed by atoms with E-state index in [1.54, 1.807) is 0 Å². The van der Waals surface area contributed by atoms with Crippen LogP contribution in [0.2, 0.25) is 0 Å². The summed E-state index contributed by atoms with van der Waals surface area (Å²) in [6.45, 7) is -0.648. The van der Waals surface area contributed by atoms with Crippen LogP contribution in [0.1, 0.15) is 0 Å². The monoisotopic (exact) mass is 229 g/mol. The number of nitrogens with one attached hydrogen (secondary N) is 1. The van der Waals surface area contributed by atoms with Crippen molar-refractivity contribution in [2.75, 3.05) is 13.7 Å². The van der Waals surface area contributed by atoms with E-state index in [9.17, 15) is 13.2 Å². The molecule has 0 aromatic rings. The minimum absolute atomic E-state index is 0.0690. The van der Waals surface area contributed by atoms with Crippen molar-refractivity contribution in [1.82, 2.24) is 10.4 Å². The molecule has 0 aliphatic carbocycles. The van der Waals surface area contributed by atoms with E-state index in [2.05, 4.69) is 4.99 Å². The quantitative estimate of drug-likeness (QED) is 0.654. The number of rotatable bonds is 1. The molecule has 0 amide bonds. The molecule has 0 bridgehead atoms. The molecule has 1 rings (SSSR count). The Balaban J connectivity index is 3.04. The molecular weight excluding hydrogens is 223 g/mol. The zero-order valence-electron chi connectivity index (χ0n) is 7.06. The highest BCUT2D eigenvalue weighted by Crippen LogP contribution is 2.23. The molecule has 0 spiro atoms. The topological polar surface area (TPSA) is 47.9 Å². The maximum atomic E-state index is 12.2. The van der Waals surface area contributed by atoms with Crippen LogP contribution in [0.25, 0.3) is 0 Å². The van der Waals surface area contributed by atoms with Gasteiger partial charge in [-0.1, -0.05) is 11.6 Å². The molecule has 2 N–H and O–H groups in total. The van der Waals surface area contributed by atoms with Gasteiger partial charge in [-0.25, -0.2) is 4.99 Å². The molecular formula is C6H7ClF3N3O. The van der Waals surface area contributed by atoms with Crippen LogP contribution >= 0.6 is 11.6 Å². The minimum atomic E-state index is -4.59.